The molecule has 0 saturated carbocycles. The number of aliphatic hydroxyl groups is 3. The molecule has 108 valence electrons. The molecule has 9 heteroatoms. The van der Waals surface area contributed by atoms with Gasteiger partial charge in [-0.15, -0.1) is 0 Å². The van der Waals surface area contributed by atoms with E-state index in [0.717, 1.165) is 6.33 Å². The molecule has 0 aliphatic carbocycles. The molecule has 1 aliphatic rings. The van der Waals surface area contributed by atoms with E-state index in [9.17, 15) is 10.2 Å². The van der Waals surface area contributed by atoms with Gasteiger partial charge in [0.05, 0.1) is 12.9 Å². The molecule has 3 rings (SSSR count). The molecule has 0 bridgehead atoms. The molecule has 2 aromatic rings. The van der Waals surface area contributed by atoms with Crippen LogP contribution in [0.15, 0.2) is 12.7 Å². The third kappa shape index (κ3) is 1.83. The highest BCUT2D eigenvalue weighted by Gasteiger charge is 2.43. The van der Waals surface area contributed by atoms with Crippen molar-refractivity contribution in [3.63, 3.8) is 0 Å². The Bertz CT molecular complexity index is 709. The van der Waals surface area contributed by atoms with Crippen molar-refractivity contribution < 1.29 is 24.2 Å². The van der Waals surface area contributed by atoms with Gasteiger partial charge in [-0.2, -0.15) is 0 Å². The first kappa shape index (κ1) is 10.00. The van der Waals surface area contributed by atoms with E-state index in [1.807, 2.05) is 0 Å². The smallest absolute Gasteiger partial charge is 0.167 e. The molecule has 1 fully saturated rings. The lowest BCUT2D eigenvalue weighted by Crippen LogP contribution is -2.33. The van der Waals surface area contributed by atoms with Crippen molar-refractivity contribution in [1.82, 2.24) is 19.5 Å². The average Bonchev–Trinajstić information content (AvgIpc) is 3.01. The standard InChI is InChI=1S/C11H15N5O4/c1-12-9-6-10(14-3-13-9)16(4-15-6)11-8(19)7(18)5(2-17)20-11/h3-5,7-8,11,17-19H,2H2,1H3,(H,12,13,14)/t5-,7?,8+,11-/m1/s1/i1D3. The van der Waals surface area contributed by atoms with Gasteiger partial charge in [0.2, 0.25) is 0 Å². The van der Waals surface area contributed by atoms with Gasteiger partial charge in [-0.3, -0.25) is 4.57 Å². The van der Waals surface area contributed by atoms with Crippen LogP contribution in [0, 0.1) is 0 Å². The molecule has 1 unspecified atom stereocenters. The molecule has 0 spiro atoms. The minimum absolute atomic E-state index is 0.0143. The summed E-state index contributed by atoms with van der Waals surface area (Å²) < 4.78 is 28.5. The van der Waals surface area contributed by atoms with Crippen LogP contribution in [0.5, 0.6) is 0 Å². The van der Waals surface area contributed by atoms with Gasteiger partial charge in [0.1, 0.15) is 30.2 Å². The normalized spacial score (nSPS) is 32.9. The fourth-order valence-corrected chi connectivity index (χ4v) is 2.24. The summed E-state index contributed by atoms with van der Waals surface area (Å²) in [6, 6.07) is 0. The number of ether oxygens (including phenoxy) is 1. The van der Waals surface area contributed by atoms with Crippen LogP contribution in [-0.2, 0) is 4.74 Å². The van der Waals surface area contributed by atoms with Crippen molar-refractivity contribution in [2.75, 3.05) is 18.9 Å². The van der Waals surface area contributed by atoms with Gasteiger partial charge in [0.15, 0.2) is 17.7 Å². The number of hydrogen-bond acceptors (Lipinski definition) is 8. The van der Waals surface area contributed by atoms with E-state index >= 15 is 0 Å². The van der Waals surface area contributed by atoms with Crippen molar-refractivity contribution in [3.8, 4) is 0 Å². The van der Waals surface area contributed by atoms with Gasteiger partial charge in [0.25, 0.3) is 0 Å². The van der Waals surface area contributed by atoms with E-state index in [-0.39, 0.29) is 17.0 Å². The van der Waals surface area contributed by atoms with Crippen molar-refractivity contribution in [2.45, 2.75) is 24.5 Å². The Labute approximate surface area is 118 Å². The van der Waals surface area contributed by atoms with Crippen molar-refractivity contribution >= 4 is 17.0 Å². The number of rotatable bonds is 3. The molecular weight excluding hydrogens is 266 g/mol. The summed E-state index contributed by atoms with van der Waals surface area (Å²) in [7, 11) is 0. The van der Waals surface area contributed by atoms with Crippen LogP contribution in [0.4, 0.5) is 5.82 Å². The summed E-state index contributed by atoms with van der Waals surface area (Å²) in [5.74, 6) is 0.0143. The molecule has 2 aromatic heterocycles. The second-order valence-electron chi connectivity index (χ2n) is 4.40. The SMILES string of the molecule is [2H]C([2H])([2H])Nc1ncnc2c1ncn2[C@@H]1O[C@H](CO)C(O)[C@@H]1O. The van der Waals surface area contributed by atoms with Crippen molar-refractivity contribution in [1.29, 1.82) is 0 Å². The predicted molar refractivity (Wildman–Crippen MR) is 67.9 cm³/mol. The Morgan fingerprint density at radius 2 is 2.25 bits per heavy atom. The van der Waals surface area contributed by atoms with Crippen molar-refractivity contribution in [2.24, 2.45) is 0 Å². The lowest BCUT2D eigenvalue weighted by Gasteiger charge is -2.16. The van der Waals surface area contributed by atoms with E-state index in [1.54, 1.807) is 0 Å². The minimum atomic E-state index is -2.45. The molecule has 4 atom stereocenters. The summed E-state index contributed by atoms with van der Waals surface area (Å²) >= 11 is 0. The number of fused-ring (bicyclic) bond motifs is 1. The van der Waals surface area contributed by atoms with Gasteiger partial charge in [-0.05, 0) is 0 Å². The number of hydrogen-bond donors (Lipinski definition) is 4. The van der Waals surface area contributed by atoms with Crippen LogP contribution in [0.2, 0.25) is 0 Å². The first-order valence-corrected chi connectivity index (χ1v) is 5.90. The topological polar surface area (TPSA) is 126 Å². The molecule has 0 aromatic carbocycles. The molecule has 9 nitrogen and oxygen atoms in total. The van der Waals surface area contributed by atoms with Gasteiger partial charge in [0, 0.05) is 11.1 Å². The monoisotopic (exact) mass is 284 g/mol. The molecule has 3 heterocycles. The van der Waals surface area contributed by atoms with E-state index in [2.05, 4.69) is 20.3 Å². The lowest BCUT2D eigenvalue weighted by atomic mass is 10.1. The fraction of sp³-hybridized carbons (Fsp3) is 0.545. The van der Waals surface area contributed by atoms with E-state index in [0.29, 0.717) is 0 Å². The second-order valence-corrected chi connectivity index (χ2v) is 4.40. The van der Waals surface area contributed by atoms with Crippen LogP contribution < -0.4 is 5.32 Å². The molecule has 1 saturated heterocycles. The Morgan fingerprint density at radius 3 is 2.95 bits per heavy atom. The van der Waals surface area contributed by atoms with Gasteiger partial charge < -0.3 is 25.4 Å². The third-order valence-electron chi connectivity index (χ3n) is 3.27. The quantitative estimate of drug-likeness (QED) is 0.535. The third-order valence-corrected chi connectivity index (χ3v) is 3.27. The van der Waals surface area contributed by atoms with Crippen LogP contribution >= 0.6 is 0 Å². The highest BCUT2D eigenvalue weighted by Crippen LogP contribution is 2.31. The molecule has 4 N–H and O–H groups in total. The maximum absolute atomic E-state index is 10.1. The Kier molecular flexibility index (Phi) is 2.47. The van der Waals surface area contributed by atoms with Gasteiger partial charge in [-0.25, -0.2) is 15.0 Å². The van der Waals surface area contributed by atoms with Gasteiger partial charge in [-0.1, -0.05) is 0 Å². The zero-order valence-electron chi connectivity index (χ0n) is 13.2. The first-order chi connectivity index (χ1) is 10.8. The minimum Gasteiger partial charge on any atom is -0.394 e. The zero-order chi connectivity index (χ0) is 16.8. The number of nitrogens with zero attached hydrogens (tertiary/aromatic N) is 4. The van der Waals surface area contributed by atoms with Crippen LogP contribution in [-0.4, -0.2) is 66.7 Å². The lowest BCUT2D eigenvalue weighted by molar-refractivity contribution is -0.0511. The number of anilines is 1. The van der Waals surface area contributed by atoms with E-state index < -0.39 is 38.1 Å². The highest BCUT2D eigenvalue weighted by atomic mass is 16.6. The Hall–Kier alpha value is -1.81. The van der Waals surface area contributed by atoms with Crippen LogP contribution in [0.3, 0.4) is 0 Å². The fourth-order valence-electron chi connectivity index (χ4n) is 2.24. The molecular formula is C11H15N5O4. The highest BCUT2D eigenvalue weighted by molar-refractivity contribution is 5.82. The molecule has 20 heavy (non-hydrogen) atoms. The maximum Gasteiger partial charge on any atom is 0.167 e. The first-order valence-electron chi connectivity index (χ1n) is 7.40. The molecule has 0 radical (unpaired) electrons. The van der Waals surface area contributed by atoms with Gasteiger partial charge >= 0.3 is 0 Å². The second kappa shape index (κ2) is 4.94. The van der Waals surface area contributed by atoms with Crippen molar-refractivity contribution in [3.05, 3.63) is 12.7 Å². The van der Waals surface area contributed by atoms with Crippen LogP contribution in [0.25, 0.3) is 11.2 Å². The number of aliphatic hydroxyl groups excluding tert-OH is 3. The summed E-state index contributed by atoms with van der Waals surface area (Å²) in [5, 5.41) is 31.3. The maximum atomic E-state index is 10.1. The summed E-state index contributed by atoms with van der Waals surface area (Å²) in [6.07, 6.45) is -2.06. The Balaban J connectivity index is 1.99. The average molecular weight is 284 g/mol. The number of imidazole rings is 1. The van der Waals surface area contributed by atoms with E-state index in [4.69, 9.17) is 14.0 Å². The molecule has 1 aliphatic heterocycles. The summed E-state index contributed by atoms with van der Waals surface area (Å²) in [6.45, 7) is -2.91. The zero-order valence-corrected chi connectivity index (χ0v) is 10.2. The van der Waals surface area contributed by atoms with Crippen LogP contribution in [0.1, 0.15) is 10.3 Å². The number of nitrogens with one attached hydrogen (secondary N) is 1. The number of aromatic nitrogens is 4. The summed E-state index contributed by atoms with van der Waals surface area (Å²) in [4.78, 5) is 11.9. The summed E-state index contributed by atoms with van der Waals surface area (Å²) in [5.41, 5.74) is 0.406. The predicted octanol–water partition coefficient (Wildman–Crippen LogP) is -1.52. The van der Waals surface area contributed by atoms with E-state index in [1.165, 1.54) is 10.9 Å². The Morgan fingerprint density at radius 1 is 1.40 bits per heavy atom. The molecule has 0 amide bonds. The largest absolute Gasteiger partial charge is 0.394 e.